The van der Waals surface area contributed by atoms with E-state index < -0.39 is 5.97 Å². The van der Waals surface area contributed by atoms with Gasteiger partial charge < -0.3 is 20.6 Å². The zero-order valence-corrected chi connectivity index (χ0v) is 28.4. The van der Waals surface area contributed by atoms with E-state index in [-0.39, 0.29) is 25.8 Å². The van der Waals surface area contributed by atoms with Crippen LogP contribution >= 0.6 is 11.3 Å². The number of amides is 2. The maximum atomic E-state index is 13.8. The van der Waals surface area contributed by atoms with Crippen LogP contribution in [0.1, 0.15) is 96.5 Å². The summed E-state index contributed by atoms with van der Waals surface area (Å²) in [5.74, 6) is -1.16. The minimum absolute atomic E-state index is 0. The van der Waals surface area contributed by atoms with E-state index in [2.05, 4.69) is 40.3 Å². The predicted molar refractivity (Wildman–Crippen MR) is 196 cm³/mol. The molecule has 1 aromatic heterocycles. The van der Waals surface area contributed by atoms with E-state index in [9.17, 15) is 19.5 Å². The first-order chi connectivity index (χ1) is 22.8. The largest absolute Gasteiger partial charge is 0.480 e. The van der Waals surface area contributed by atoms with E-state index in [1.165, 1.54) is 29.1 Å². The number of carboxylic acids is 1. The number of likely N-dealkylation sites (tertiary alicyclic amines) is 1. The number of rotatable bonds is 13. The van der Waals surface area contributed by atoms with Crippen molar-refractivity contribution in [1.82, 2.24) is 9.80 Å². The van der Waals surface area contributed by atoms with Gasteiger partial charge in [0.15, 0.2) is 0 Å². The second-order valence-corrected chi connectivity index (χ2v) is 14.2. The van der Waals surface area contributed by atoms with Crippen LogP contribution in [0.5, 0.6) is 0 Å². The molecule has 48 heavy (non-hydrogen) atoms. The molecule has 258 valence electrons. The predicted octanol–water partition coefficient (Wildman–Crippen LogP) is 7.13. The maximum absolute atomic E-state index is 13.8. The summed E-state index contributed by atoms with van der Waals surface area (Å²) in [4.78, 5) is 46.7. The first kappa shape index (κ1) is 35.6. The molecule has 3 aromatic rings. The summed E-state index contributed by atoms with van der Waals surface area (Å²) >= 11 is 1.54. The van der Waals surface area contributed by atoms with Gasteiger partial charge in [-0.1, -0.05) is 19.6 Å². The molecule has 10 heteroatoms. The van der Waals surface area contributed by atoms with E-state index in [1.807, 2.05) is 47.4 Å². The molecular formula is C38H51N5O4S. The van der Waals surface area contributed by atoms with Gasteiger partial charge in [0.25, 0.3) is 11.8 Å². The van der Waals surface area contributed by atoms with E-state index >= 15 is 0 Å². The van der Waals surface area contributed by atoms with Gasteiger partial charge in [-0.05, 0) is 113 Å². The van der Waals surface area contributed by atoms with Crippen LogP contribution in [0, 0.1) is 0 Å². The van der Waals surface area contributed by atoms with Crippen molar-refractivity contribution in [3.05, 3.63) is 75.7 Å². The summed E-state index contributed by atoms with van der Waals surface area (Å²) in [5, 5.41) is 16.0. The topological polar surface area (TPSA) is 105 Å². The molecule has 0 bridgehead atoms. The molecule has 1 saturated carbocycles. The Kier molecular flexibility index (Phi) is 11.9. The number of hydrogen-bond donors (Lipinski definition) is 3. The van der Waals surface area contributed by atoms with Crippen LogP contribution < -0.4 is 15.5 Å². The normalized spacial score (nSPS) is 16.6. The molecule has 0 atom stereocenters. The number of aliphatic carboxylic acids is 1. The number of fused-ring (bicyclic) bond motifs is 1. The molecule has 3 N–H and O–H groups in total. The standard InChI is InChI=1S/C37H47N5O4S.CH4/c1-3-41(4-2)28-14-12-27(13-15-28)38-36(46)34-31-10-5-6-11-32(31)47-37(34)39-35(45)26-9-7-8-25(22-26)23-42(29-16-17-29)30-18-20-40(21-19-30)24-33(43)44;/h7-9,12-15,22,29-30H,3-6,10-11,16-21,23-24H2,1-2H3,(H,38,46)(H,39,45)(H,43,44);1H4. The van der Waals surface area contributed by atoms with Crippen LogP contribution in [0.15, 0.2) is 48.5 Å². The Hall–Kier alpha value is -3.73. The van der Waals surface area contributed by atoms with E-state index in [1.54, 1.807) is 0 Å². The number of thiophene rings is 1. The third kappa shape index (κ3) is 8.46. The van der Waals surface area contributed by atoms with E-state index in [4.69, 9.17) is 0 Å². The monoisotopic (exact) mass is 673 g/mol. The minimum Gasteiger partial charge on any atom is -0.480 e. The quantitative estimate of drug-likeness (QED) is 0.177. The summed E-state index contributed by atoms with van der Waals surface area (Å²) in [7, 11) is 0. The lowest BCUT2D eigenvalue weighted by Gasteiger charge is -2.38. The van der Waals surface area contributed by atoms with Gasteiger partial charge in [0.05, 0.1) is 12.1 Å². The van der Waals surface area contributed by atoms with Gasteiger partial charge in [-0.15, -0.1) is 11.3 Å². The molecule has 1 saturated heterocycles. The van der Waals surface area contributed by atoms with Gasteiger partial charge in [-0.3, -0.25) is 24.2 Å². The van der Waals surface area contributed by atoms with Crippen molar-refractivity contribution in [1.29, 1.82) is 0 Å². The van der Waals surface area contributed by atoms with Gasteiger partial charge in [0.2, 0.25) is 0 Å². The highest BCUT2D eigenvalue weighted by molar-refractivity contribution is 7.17. The van der Waals surface area contributed by atoms with Crippen molar-refractivity contribution in [2.24, 2.45) is 0 Å². The molecule has 2 aliphatic carbocycles. The van der Waals surface area contributed by atoms with Crippen molar-refractivity contribution >= 4 is 45.5 Å². The number of anilines is 3. The number of nitrogens with zero attached hydrogens (tertiary/aromatic N) is 3. The zero-order valence-electron chi connectivity index (χ0n) is 27.6. The number of carboxylic acid groups (broad SMARTS) is 1. The molecule has 2 amide bonds. The number of piperidine rings is 1. The van der Waals surface area contributed by atoms with Crippen molar-refractivity contribution < 1.29 is 19.5 Å². The van der Waals surface area contributed by atoms with Gasteiger partial charge in [0.1, 0.15) is 5.00 Å². The number of carbonyl (C=O) groups is 3. The Labute approximate surface area is 289 Å². The summed E-state index contributed by atoms with van der Waals surface area (Å²) < 4.78 is 0. The number of benzene rings is 2. The molecule has 1 aliphatic heterocycles. The Morgan fingerprint density at radius 1 is 0.896 bits per heavy atom. The lowest BCUT2D eigenvalue weighted by atomic mass is 9.95. The Balaban J connectivity index is 0.00000451. The highest BCUT2D eigenvalue weighted by Crippen LogP contribution is 2.39. The summed E-state index contributed by atoms with van der Waals surface area (Å²) in [5.41, 5.74) is 5.19. The Morgan fingerprint density at radius 3 is 2.25 bits per heavy atom. The SMILES string of the molecule is C.CCN(CC)c1ccc(NC(=O)c2c(NC(=O)c3cccc(CN(C4CC4)C4CCN(CC(=O)O)CC4)c3)sc3c2CCCC3)cc1. The maximum Gasteiger partial charge on any atom is 0.317 e. The average molecular weight is 674 g/mol. The second kappa shape index (κ2) is 16.1. The molecule has 2 heterocycles. The van der Waals surface area contributed by atoms with Crippen molar-refractivity contribution in [2.75, 3.05) is 48.3 Å². The molecule has 0 radical (unpaired) electrons. The third-order valence-electron chi connectivity index (χ3n) is 9.83. The van der Waals surface area contributed by atoms with Gasteiger partial charge in [-0.25, -0.2) is 0 Å². The van der Waals surface area contributed by atoms with Crippen molar-refractivity contribution in [3.63, 3.8) is 0 Å². The van der Waals surface area contributed by atoms with E-state index in [0.29, 0.717) is 28.2 Å². The smallest absolute Gasteiger partial charge is 0.317 e. The Morgan fingerprint density at radius 2 is 1.58 bits per heavy atom. The fraction of sp³-hybridized carbons (Fsp3) is 0.500. The average Bonchev–Trinajstić information content (AvgIpc) is 3.85. The first-order valence-corrected chi connectivity index (χ1v) is 18.1. The second-order valence-electron chi connectivity index (χ2n) is 13.0. The van der Waals surface area contributed by atoms with E-state index in [0.717, 1.165) is 93.8 Å². The van der Waals surface area contributed by atoms with Crippen LogP contribution in [-0.4, -0.2) is 77.5 Å². The van der Waals surface area contributed by atoms with Gasteiger partial charge >= 0.3 is 5.97 Å². The molecule has 0 spiro atoms. The fourth-order valence-corrected chi connectivity index (χ4v) is 8.47. The number of hydrogen-bond acceptors (Lipinski definition) is 7. The summed E-state index contributed by atoms with van der Waals surface area (Å²) in [6.07, 6.45) is 8.17. The lowest BCUT2D eigenvalue weighted by molar-refractivity contribution is -0.138. The van der Waals surface area contributed by atoms with Crippen LogP contribution in [-0.2, 0) is 24.2 Å². The molecule has 0 unspecified atom stereocenters. The summed E-state index contributed by atoms with van der Waals surface area (Å²) in [6, 6.07) is 16.8. The number of aryl methyl sites for hydroxylation is 1. The van der Waals surface area contributed by atoms with Crippen molar-refractivity contribution in [2.45, 2.75) is 91.3 Å². The minimum atomic E-state index is -0.770. The lowest BCUT2D eigenvalue weighted by Crippen LogP contribution is -2.46. The highest BCUT2D eigenvalue weighted by atomic mass is 32.1. The number of carbonyl (C=O) groups excluding carboxylic acids is 2. The number of nitrogens with one attached hydrogen (secondary N) is 2. The first-order valence-electron chi connectivity index (χ1n) is 17.2. The van der Waals surface area contributed by atoms with Gasteiger partial charge in [0, 0.05) is 66.6 Å². The van der Waals surface area contributed by atoms with Crippen molar-refractivity contribution in [3.8, 4) is 0 Å². The third-order valence-corrected chi connectivity index (χ3v) is 11.0. The van der Waals surface area contributed by atoms with Crippen LogP contribution in [0.25, 0.3) is 0 Å². The molecule has 2 aromatic carbocycles. The Bertz CT molecular complexity index is 1570. The zero-order chi connectivity index (χ0) is 32.9. The molecule has 9 nitrogen and oxygen atoms in total. The molecule has 6 rings (SSSR count). The van der Waals surface area contributed by atoms with Crippen LogP contribution in [0.3, 0.4) is 0 Å². The molecule has 2 fully saturated rings. The summed E-state index contributed by atoms with van der Waals surface area (Å²) in [6.45, 7) is 8.57. The van der Waals surface area contributed by atoms with Crippen LogP contribution in [0.4, 0.5) is 16.4 Å². The van der Waals surface area contributed by atoms with Gasteiger partial charge in [-0.2, -0.15) is 0 Å². The molecular weight excluding hydrogens is 623 g/mol. The molecule has 3 aliphatic rings. The highest BCUT2D eigenvalue weighted by Gasteiger charge is 2.36. The fourth-order valence-electron chi connectivity index (χ4n) is 7.19. The van der Waals surface area contributed by atoms with Crippen LogP contribution in [0.2, 0.25) is 0 Å².